The van der Waals surface area contributed by atoms with Crippen LogP contribution in [0.1, 0.15) is 64.2 Å². The summed E-state index contributed by atoms with van der Waals surface area (Å²) in [4.78, 5) is 26.8. The number of nitrogens with zero attached hydrogens (tertiary/aromatic N) is 1. The maximum absolute atomic E-state index is 11.4. The molecule has 2 rings (SSSR count). The maximum Gasteiger partial charge on any atom is 0.356 e. The number of ketones is 1. The number of aromatic carboxylic acids is 1. The molecule has 0 saturated heterocycles. The van der Waals surface area contributed by atoms with Gasteiger partial charge in [0.25, 0.3) is 0 Å². The molecular formula is C12H16N2O3S. The Morgan fingerprint density at radius 3 is 2.39 bits per heavy atom. The highest BCUT2D eigenvalue weighted by Crippen LogP contribution is 2.37. The van der Waals surface area contributed by atoms with Crippen molar-refractivity contribution < 1.29 is 14.7 Å². The van der Waals surface area contributed by atoms with Gasteiger partial charge < -0.3 is 10.8 Å². The summed E-state index contributed by atoms with van der Waals surface area (Å²) >= 11 is 1.13. The fourth-order valence-electron chi connectivity index (χ4n) is 2.31. The van der Waals surface area contributed by atoms with Gasteiger partial charge >= 0.3 is 5.97 Å². The average molecular weight is 268 g/mol. The van der Waals surface area contributed by atoms with E-state index in [0.29, 0.717) is 5.01 Å². The minimum absolute atomic E-state index is 0.155. The van der Waals surface area contributed by atoms with Gasteiger partial charge in [0.1, 0.15) is 9.88 Å². The summed E-state index contributed by atoms with van der Waals surface area (Å²) < 4.78 is 0. The molecular weight excluding hydrogens is 252 g/mol. The van der Waals surface area contributed by atoms with Crippen LogP contribution in [0.4, 0.5) is 0 Å². The predicted molar refractivity (Wildman–Crippen MR) is 68.0 cm³/mol. The molecule has 1 aromatic rings. The van der Waals surface area contributed by atoms with Crippen molar-refractivity contribution in [1.29, 1.82) is 0 Å². The SMILES string of the molecule is CC(=O)c1sc(C2(N)CCCCC2)nc1C(=O)O. The van der Waals surface area contributed by atoms with Crippen LogP contribution in [-0.2, 0) is 5.54 Å². The quantitative estimate of drug-likeness (QED) is 0.819. The number of nitrogens with two attached hydrogens (primary N) is 1. The second-order valence-electron chi connectivity index (χ2n) is 4.77. The lowest BCUT2D eigenvalue weighted by molar-refractivity contribution is 0.0686. The molecule has 6 heteroatoms. The van der Waals surface area contributed by atoms with Gasteiger partial charge in [-0.15, -0.1) is 11.3 Å². The van der Waals surface area contributed by atoms with Gasteiger partial charge in [0.05, 0.1) is 5.54 Å². The van der Waals surface area contributed by atoms with Crippen molar-refractivity contribution in [2.45, 2.75) is 44.6 Å². The highest BCUT2D eigenvalue weighted by atomic mass is 32.1. The van der Waals surface area contributed by atoms with Crippen LogP contribution in [0, 0.1) is 0 Å². The van der Waals surface area contributed by atoms with Crippen molar-refractivity contribution in [3.8, 4) is 0 Å². The largest absolute Gasteiger partial charge is 0.476 e. The molecule has 0 bridgehead atoms. The number of hydrogen-bond acceptors (Lipinski definition) is 5. The predicted octanol–water partition coefficient (Wildman–Crippen LogP) is 2.16. The van der Waals surface area contributed by atoms with Crippen LogP contribution in [0.5, 0.6) is 0 Å². The number of carboxylic acids is 1. The zero-order chi connectivity index (χ0) is 13.3. The van der Waals surface area contributed by atoms with Gasteiger partial charge in [0.15, 0.2) is 11.5 Å². The molecule has 1 fully saturated rings. The molecule has 0 spiro atoms. The van der Waals surface area contributed by atoms with Gasteiger partial charge in [-0.25, -0.2) is 9.78 Å². The fourth-order valence-corrected chi connectivity index (χ4v) is 3.42. The van der Waals surface area contributed by atoms with Crippen LogP contribution in [0.15, 0.2) is 0 Å². The zero-order valence-electron chi connectivity index (χ0n) is 10.2. The van der Waals surface area contributed by atoms with Crippen LogP contribution in [0.3, 0.4) is 0 Å². The number of aromatic nitrogens is 1. The number of rotatable bonds is 3. The van der Waals surface area contributed by atoms with E-state index >= 15 is 0 Å². The molecule has 18 heavy (non-hydrogen) atoms. The smallest absolute Gasteiger partial charge is 0.356 e. The third-order valence-electron chi connectivity index (χ3n) is 3.32. The van der Waals surface area contributed by atoms with Crippen LogP contribution in [0.25, 0.3) is 0 Å². The number of Topliss-reactive ketones (excluding diaryl/α,β-unsaturated/α-hetero) is 1. The van der Waals surface area contributed by atoms with Crippen LogP contribution in [-0.4, -0.2) is 21.8 Å². The summed E-state index contributed by atoms with van der Waals surface area (Å²) in [5.74, 6) is -1.43. The molecule has 0 unspecified atom stereocenters. The molecule has 0 aromatic carbocycles. The average Bonchev–Trinajstić information content (AvgIpc) is 2.75. The summed E-state index contributed by atoms with van der Waals surface area (Å²) in [6.07, 6.45) is 4.80. The number of thiazole rings is 1. The molecule has 1 aliphatic carbocycles. The van der Waals surface area contributed by atoms with E-state index in [9.17, 15) is 9.59 Å². The van der Waals surface area contributed by atoms with Crippen molar-refractivity contribution in [1.82, 2.24) is 4.98 Å². The lowest BCUT2D eigenvalue weighted by Gasteiger charge is -2.31. The molecule has 0 amide bonds. The second kappa shape index (κ2) is 4.78. The first-order valence-corrected chi connectivity index (χ1v) is 6.80. The standard InChI is InChI=1S/C12H16N2O3S/c1-7(15)9-8(10(16)17)14-11(18-9)12(13)5-3-2-4-6-12/h2-6,13H2,1H3,(H,16,17). The van der Waals surface area contributed by atoms with E-state index in [-0.39, 0.29) is 16.4 Å². The van der Waals surface area contributed by atoms with Crippen molar-refractivity contribution in [3.63, 3.8) is 0 Å². The lowest BCUT2D eigenvalue weighted by atomic mass is 9.83. The fraction of sp³-hybridized carbons (Fsp3) is 0.583. The highest BCUT2D eigenvalue weighted by Gasteiger charge is 2.35. The van der Waals surface area contributed by atoms with Gasteiger partial charge in [-0.05, 0) is 12.8 Å². The molecule has 5 nitrogen and oxygen atoms in total. The normalized spacial score (nSPS) is 18.6. The number of carbonyl (C=O) groups excluding carboxylic acids is 1. The first-order valence-electron chi connectivity index (χ1n) is 5.98. The molecule has 0 atom stereocenters. The first kappa shape index (κ1) is 13.2. The third-order valence-corrected chi connectivity index (χ3v) is 4.70. The summed E-state index contributed by atoms with van der Waals surface area (Å²) in [5.41, 5.74) is 5.60. The van der Waals surface area contributed by atoms with Crippen LogP contribution in [0.2, 0.25) is 0 Å². The molecule has 1 aromatic heterocycles. The Morgan fingerprint density at radius 2 is 1.94 bits per heavy atom. The first-order chi connectivity index (χ1) is 8.44. The maximum atomic E-state index is 11.4. The number of carboxylic acid groups (broad SMARTS) is 1. The molecule has 3 N–H and O–H groups in total. The van der Waals surface area contributed by atoms with Gasteiger partial charge in [-0.1, -0.05) is 19.3 Å². The number of carbonyl (C=O) groups is 2. The Labute approximate surface area is 109 Å². The lowest BCUT2D eigenvalue weighted by Crippen LogP contribution is -2.38. The Morgan fingerprint density at radius 1 is 1.33 bits per heavy atom. The van der Waals surface area contributed by atoms with Crippen molar-refractivity contribution in [3.05, 3.63) is 15.6 Å². The molecule has 0 aliphatic heterocycles. The molecule has 1 heterocycles. The Bertz CT molecular complexity index is 458. The summed E-state index contributed by atoms with van der Waals surface area (Å²) in [7, 11) is 0. The van der Waals surface area contributed by atoms with Crippen LogP contribution < -0.4 is 5.73 Å². The van der Waals surface area contributed by atoms with E-state index in [0.717, 1.165) is 43.4 Å². The zero-order valence-corrected chi connectivity index (χ0v) is 11.0. The summed E-state index contributed by atoms with van der Waals surface area (Å²) in [6, 6.07) is 0. The van der Waals surface area contributed by atoms with Crippen molar-refractivity contribution in [2.75, 3.05) is 0 Å². The monoisotopic (exact) mass is 268 g/mol. The minimum Gasteiger partial charge on any atom is -0.476 e. The Hall–Kier alpha value is -1.27. The molecule has 1 aliphatic rings. The van der Waals surface area contributed by atoms with E-state index in [4.69, 9.17) is 10.8 Å². The molecule has 98 valence electrons. The van der Waals surface area contributed by atoms with Gasteiger partial charge in [0.2, 0.25) is 0 Å². The third kappa shape index (κ3) is 2.30. The second-order valence-corrected chi connectivity index (χ2v) is 5.77. The van der Waals surface area contributed by atoms with E-state index in [2.05, 4.69) is 4.98 Å². The summed E-state index contributed by atoms with van der Waals surface area (Å²) in [5, 5.41) is 9.65. The Balaban J connectivity index is 2.43. The van der Waals surface area contributed by atoms with E-state index in [1.54, 1.807) is 0 Å². The minimum atomic E-state index is -1.16. The van der Waals surface area contributed by atoms with Crippen molar-refractivity contribution in [2.24, 2.45) is 5.73 Å². The Kier molecular flexibility index (Phi) is 3.49. The van der Waals surface area contributed by atoms with Crippen molar-refractivity contribution >= 4 is 23.1 Å². The molecule has 1 saturated carbocycles. The van der Waals surface area contributed by atoms with Gasteiger partial charge in [0, 0.05) is 6.92 Å². The highest BCUT2D eigenvalue weighted by molar-refractivity contribution is 7.14. The molecule has 0 radical (unpaired) electrons. The summed E-state index contributed by atoms with van der Waals surface area (Å²) in [6.45, 7) is 1.35. The van der Waals surface area contributed by atoms with E-state index in [1.807, 2.05) is 0 Å². The van der Waals surface area contributed by atoms with Gasteiger partial charge in [-0.3, -0.25) is 4.79 Å². The van der Waals surface area contributed by atoms with Gasteiger partial charge in [-0.2, -0.15) is 0 Å². The topological polar surface area (TPSA) is 93.3 Å². The van der Waals surface area contributed by atoms with Crippen LogP contribution >= 0.6 is 11.3 Å². The van der Waals surface area contributed by atoms with E-state index in [1.165, 1.54) is 6.92 Å². The van der Waals surface area contributed by atoms with E-state index < -0.39 is 11.5 Å². The number of hydrogen-bond donors (Lipinski definition) is 2.